The second-order valence-corrected chi connectivity index (χ2v) is 6.68. The lowest BCUT2D eigenvalue weighted by molar-refractivity contribution is 0.182. The Balaban J connectivity index is 1.31. The van der Waals surface area contributed by atoms with Crippen molar-refractivity contribution in [3.05, 3.63) is 60.4 Å². The molecular weight excluding hydrogens is 312 g/mol. The summed E-state index contributed by atoms with van der Waals surface area (Å²) < 4.78 is 0. The molecule has 0 radical (unpaired) electrons. The molecule has 5 nitrogen and oxygen atoms in total. The fourth-order valence-electron chi connectivity index (χ4n) is 3.50. The molecule has 0 unspecified atom stereocenters. The number of hydrogen-bond donors (Lipinski definition) is 2. The number of likely N-dealkylation sites (tertiary alicyclic amines) is 1. The first kappa shape index (κ1) is 15.7. The predicted molar refractivity (Wildman–Crippen MR) is 99.6 cm³/mol. The lowest BCUT2D eigenvalue weighted by Gasteiger charge is -2.32. The lowest BCUT2D eigenvalue weighted by atomic mass is 9.90. The van der Waals surface area contributed by atoms with E-state index in [9.17, 15) is 4.79 Å². The van der Waals surface area contributed by atoms with Crippen molar-refractivity contribution >= 4 is 22.8 Å². The van der Waals surface area contributed by atoms with E-state index in [4.69, 9.17) is 0 Å². The maximum absolute atomic E-state index is 12.5. The highest BCUT2D eigenvalue weighted by atomic mass is 16.2. The van der Waals surface area contributed by atoms with E-state index in [1.807, 2.05) is 23.1 Å². The largest absolute Gasteiger partial charge is 0.345 e. The van der Waals surface area contributed by atoms with Gasteiger partial charge in [0.2, 0.25) is 0 Å². The molecule has 128 valence electrons. The van der Waals surface area contributed by atoms with Crippen LogP contribution >= 0.6 is 0 Å². The number of rotatable bonds is 3. The van der Waals surface area contributed by atoms with Crippen LogP contribution in [-0.2, 0) is 6.42 Å². The van der Waals surface area contributed by atoms with Crippen molar-refractivity contribution in [2.24, 2.45) is 5.92 Å². The second-order valence-electron chi connectivity index (χ2n) is 6.68. The summed E-state index contributed by atoms with van der Waals surface area (Å²) in [6.45, 7) is 1.63. The number of anilines is 1. The van der Waals surface area contributed by atoms with Gasteiger partial charge in [-0.3, -0.25) is 0 Å². The molecule has 1 aliphatic rings. The lowest BCUT2D eigenvalue weighted by Crippen LogP contribution is -2.41. The molecule has 2 amide bonds. The summed E-state index contributed by atoms with van der Waals surface area (Å²) in [5.74, 6) is 0.660. The van der Waals surface area contributed by atoms with Crippen LogP contribution in [0.3, 0.4) is 0 Å². The van der Waals surface area contributed by atoms with Crippen molar-refractivity contribution in [3.8, 4) is 0 Å². The van der Waals surface area contributed by atoms with Gasteiger partial charge < -0.3 is 15.2 Å². The number of aromatic nitrogens is 2. The van der Waals surface area contributed by atoms with Gasteiger partial charge in [-0.05, 0) is 48.9 Å². The summed E-state index contributed by atoms with van der Waals surface area (Å²) in [4.78, 5) is 21.7. The molecule has 5 heteroatoms. The highest BCUT2D eigenvalue weighted by Crippen LogP contribution is 2.23. The third kappa shape index (κ3) is 3.65. The van der Waals surface area contributed by atoms with Gasteiger partial charge >= 0.3 is 6.03 Å². The van der Waals surface area contributed by atoms with Gasteiger partial charge in [0, 0.05) is 18.8 Å². The molecule has 1 fully saturated rings. The topological polar surface area (TPSA) is 61.0 Å². The van der Waals surface area contributed by atoms with Crippen LogP contribution in [0.2, 0.25) is 0 Å². The molecule has 0 aliphatic carbocycles. The minimum absolute atomic E-state index is 0.0166. The number of hydrogen-bond acceptors (Lipinski definition) is 2. The smallest absolute Gasteiger partial charge is 0.321 e. The number of aromatic amines is 1. The summed E-state index contributed by atoms with van der Waals surface area (Å²) in [6.07, 6.45) is 4.88. The molecule has 1 aromatic heterocycles. The Morgan fingerprint density at radius 3 is 2.76 bits per heavy atom. The molecule has 2 N–H and O–H groups in total. The molecule has 0 bridgehead atoms. The summed E-state index contributed by atoms with van der Waals surface area (Å²) in [5.41, 5.74) is 4.02. The first-order valence-corrected chi connectivity index (χ1v) is 8.81. The minimum atomic E-state index is -0.0166. The van der Waals surface area contributed by atoms with Crippen molar-refractivity contribution in [1.82, 2.24) is 14.9 Å². The summed E-state index contributed by atoms with van der Waals surface area (Å²) in [5, 5.41) is 3.00. The Morgan fingerprint density at radius 1 is 1.16 bits per heavy atom. The molecule has 25 heavy (non-hydrogen) atoms. The fourth-order valence-corrected chi connectivity index (χ4v) is 3.50. The highest BCUT2D eigenvalue weighted by Gasteiger charge is 2.23. The maximum Gasteiger partial charge on any atom is 0.321 e. The van der Waals surface area contributed by atoms with Crippen molar-refractivity contribution < 1.29 is 4.79 Å². The Bertz CT molecular complexity index is 850. The Morgan fingerprint density at radius 2 is 1.96 bits per heavy atom. The zero-order chi connectivity index (χ0) is 17.1. The summed E-state index contributed by atoms with van der Waals surface area (Å²) in [7, 11) is 0. The van der Waals surface area contributed by atoms with Crippen LogP contribution in [0.4, 0.5) is 10.5 Å². The van der Waals surface area contributed by atoms with Crippen LogP contribution in [0.25, 0.3) is 11.0 Å². The van der Waals surface area contributed by atoms with Crippen LogP contribution in [0, 0.1) is 5.92 Å². The van der Waals surface area contributed by atoms with Crippen molar-refractivity contribution in [2.45, 2.75) is 19.3 Å². The molecular formula is C20H22N4O. The molecule has 1 aliphatic heterocycles. The van der Waals surface area contributed by atoms with Crippen molar-refractivity contribution in [2.75, 3.05) is 18.4 Å². The van der Waals surface area contributed by atoms with Gasteiger partial charge in [-0.15, -0.1) is 0 Å². The molecule has 0 atom stereocenters. The Hall–Kier alpha value is -2.82. The van der Waals surface area contributed by atoms with Gasteiger partial charge in [0.15, 0.2) is 0 Å². The first-order chi connectivity index (χ1) is 12.3. The SMILES string of the molecule is O=C(Nc1ccc2nc[nH]c2c1)N1CCC(Cc2ccccc2)CC1. The van der Waals surface area contributed by atoms with Gasteiger partial charge in [-0.2, -0.15) is 0 Å². The van der Waals surface area contributed by atoms with Crippen molar-refractivity contribution in [3.63, 3.8) is 0 Å². The van der Waals surface area contributed by atoms with Crippen LogP contribution in [0.1, 0.15) is 18.4 Å². The van der Waals surface area contributed by atoms with E-state index in [2.05, 4.69) is 45.6 Å². The number of imidazole rings is 1. The number of amides is 2. The summed E-state index contributed by atoms with van der Waals surface area (Å²) >= 11 is 0. The molecule has 4 rings (SSSR count). The van der Waals surface area contributed by atoms with Gasteiger partial charge in [0.1, 0.15) is 0 Å². The van der Waals surface area contributed by atoms with Crippen LogP contribution in [0.15, 0.2) is 54.9 Å². The number of piperidine rings is 1. The van der Waals surface area contributed by atoms with E-state index < -0.39 is 0 Å². The standard InChI is InChI=1S/C20H22N4O/c25-20(23-17-6-7-18-19(13-17)22-14-21-18)24-10-8-16(9-11-24)12-15-4-2-1-3-5-15/h1-7,13-14,16H,8-12H2,(H,21,22)(H,23,25). The summed E-state index contributed by atoms with van der Waals surface area (Å²) in [6, 6.07) is 16.3. The maximum atomic E-state index is 12.5. The molecule has 2 heterocycles. The Labute approximate surface area is 147 Å². The third-order valence-corrected chi connectivity index (χ3v) is 4.94. The zero-order valence-corrected chi connectivity index (χ0v) is 14.1. The van der Waals surface area contributed by atoms with Crippen LogP contribution in [-0.4, -0.2) is 34.0 Å². The quantitative estimate of drug-likeness (QED) is 0.759. The van der Waals surface area contributed by atoms with Crippen LogP contribution in [0.5, 0.6) is 0 Å². The van der Waals surface area contributed by atoms with Crippen molar-refractivity contribution in [1.29, 1.82) is 0 Å². The highest BCUT2D eigenvalue weighted by molar-refractivity contribution is 5.91. The normalized spacial score (nSPS) is 15.4. The molecule has 3 aromatic rings. The molecule has 2 aromatic carbocycles. The van der Waals surface area contributed by atoms with Crippen LogP contribution < -0.4 is 5.32 Å². The van der Waals surface area contributed by atoms with E-state index in [1.54, 1.807) is 6.33 Å². The van der Waals surface area contributed by atoms with Gasteiger partial charge in [-0.1, -0.05) is 30.3 Å². The predicted octanol–water partition coefficient (Wildman–Crippen LogP) is 4.05. The Kier molecular flexibility index (Phi) is 4.37. The zero-order valence-electron chi connectivity index (χ0n) is 14.1. The second kappa shape index (κ2) is 6.97. The number of H-pyrrole nitrogens is 1. The number of carbonyl (C=O) groups is 1. The fraction of sp³-hybridized carbons (Fsp3) is 0.300. The van der Waals surface area contributed by atoms with Gasteiger partial charge in [0.05, 0.1) is 17.4 Å². The van der Waals surface area contributed by atoms with E-state index in [-0.39, 0.29) is 6.03 Å². The minimum Gasteiger partial charge on any atom is -0.345 e. The van der Waals surface area contributed by atoms with E-state index >= 15 is 0 Å². The number of urea groups is 1. The number of carbonyl (C=O) groups excluding carboxylic acids is 1. The molecule has 1 saturated heterocycles. The average Bonchev–Trinajstić information content (AvgIpc) is 3.11. The van der Waals surface area contributed by atoms with E-state index in [0.717, 1.165) is 49.1 Å². The number of benzene rings is 2. The first-order valence-electron chi connectivity index (χ1n) is 8.81. The monoisotopic (exact) mass is 334 g/mol. The molecule has 0 saturated carbocycles. The van der Waals surface area contributed by atoms with E-state index in [1.165, 1.54) is 5.56 Å². The number of nitrogens with one attached hydrogen (secondary N) is 2. The van der Waals surface area contributed by atoms with Gasteiger partial charge in [0.25, 0.3) is 0 Å². The average molecular weight is 334 g/mol. The number of fused-ring (bicyclic) bond motifs is 1. The molecule has 0 spiro atoms. The van der Waals surface area contributed by atoms with E-state index in [0.29, 0.717) is 5.92 Å². The number of nitrogens with zero attached hydrogens (tertiary/aromatic N) is 2. The third-order valence-electron chi connectivity index (χ3n) is 4.94. The van der Waals surface area contributed by atoms with Gasteiger partial charge in [-0.25, -0.2) is 9.78 Å².